The molecule has 2 nitrogen and oxygen atoms in total. The van der Waals surface area contributed by atoms with Crippen LogP contribution in [-0.4, -0.2) is 17.8 Å². The van der Waals surface area contributed by atoms with E-state index in [-0.39, 0.29) is 17.2 Å². The summed E-state index contributed by atoms with van der Waals surface area (Å²) >= 11 is 3.60. The van der Waals surface area contributed by atoms with Crippen LogP contribution in [0.3, 0.4) is 0 Å². The van der Waals surface area contributed by atoms with Crippen molar-refractivity contribution in [2.75, 3.05) is 11.9 Å². The van der Waals surface area contributed by atoms with Crippen LogP contribution >= 0.6 is 15.9 Å². The van der Waals surface area contributed by atoms with Crippen molar-refractivity contribution < 1.29 is 4.79 Å². The van der Waals surface area contributed by atoms with Gasteiger partial charge < -0.3 is 5.32 Å². The molecule has 0 atom stereocenters. The number of carbonyl (C=O) groups is 1. The van der Waals surface area contributed by atoms with Crippen molar-refractivity contribution in [3.05, 3.63) is 0 Å². The second-order valence-corrected chi connectivity index (χ2v) is 6.58. The van der Waals surface area contributed by atoms with Crippen LogP contribution in [0.2, 0.25) is 0 Å². The van der Waals surface area contributed by atoms with Crippen molar-refractivity contribution in [3.8, 4) is 0 Å². The fourth-order valence-electron chi connectivity index (χ4n) is 2.68. The predicted octanol–water partition coefficient (Wildman–Crippen LogP) is 4.13. The van der Waals surface area contributed by atoms with Crippen LogP contribution in [-0.2, 0) is 4.79 Å². The third-order valence-electron chi connectivity index (χ3n) is 4.81. The molecule has 0 unspecified atom stereocenters. The molecule has 0 bridgehead atoms. The second-order valence-electron chi connectivity index (χ2n) is 6.02. The van der Waals surface area contributed by atoms with Gasteiger partial charge in [-0.1, -0.05) is 36.7 Å². The molecule has 1 fully saturated rings. The smallest absolute Gasteiger partial charge is 0.223 e. The van der Waals surface area contributed by atoms with E-state index in [1.807, 2.05) is 0 Å². The zero-order valence-corrected chi connectivity index (χ0v) is 13.7. The topological polar surface area (TPSA) is 29.1 Å². The maximum atomic E-state index is 12.2. The highest BCUT2D eigenvalue weighted by atomic mass is 79.9. The van der Waals surface area contributed by atoms with Crippen LogP contribution in [0.25, 0.3) is 0 Å². The zero-order valence-electron chi connectivity index (χ0n) is 12.1. The number of carbonyl (C=O) groups excluding carboxylic acids is 1. The van der Waals surface area contributed by atoms with E-state index in [1.54, 1.807) is 0 Å². The summed E-state index contributed by atoms with van der Waals surface area (Å²) in [7, 11) is 0. The molecule has 0 heterocycles. The number of halogens is 1. The van der Waals surface area contributed by atoms with Crippen molar-refractivity contribution in [3.63, 3.8) is 0 Å². The van der Waals surface area contributed by atoms with E-state index in [9.17, 15) is 4.79 Å². The Morgan fingerprint density at radius 3 is 2.22 bits per heavy atom. The molecule has 1 amide bonds. The Labute approximate surface area is 120 Å². The minimum Gasteiger partial charge on any atom is -0.355 e. The van der Waals surface area contributed by atoms with Crippen LogP contribution in [0.4, 0.5) is 0 Å². The molecule has 3 heteroatoms. The Morgan fingerprint density at radius 1 is 1.22 bits per heavy atom. The van der Waals surface area contributed by atoms with Crippen molar-refractivity contribution in [1.82, 2.24) is 5.32 Å². The number of nitrogens with one attached hydrogen (secondary N) is 1. The molecule has 0 saturated heterocycles. The molecule has 1 saturated carbocycles. The van der Waals surface area contributed by atoms with Gasteiger partial charge in [0.25, 0.3) is 0 Å². The largest absolute Gasteiger partial charge is 0.355 e. The fourth-order valence-corrected chi connectivity index (χ4v) is 3.67. The van der Waals surface area contributed by atoms with Gasteiger partial charge in [0.15, 0.2) is 0 Å². The van der Waals surface area contributed by atoms with Crippen molar-refractivity contribution in [2.24, 2.45) is 17.3 Å². The molecule has 0 aromatic carbocycles. The monoisotopic (exact) mass is 317 g/mol. The summed E-state index contributed by atoms with van der Waals surface area (Å²) in [6, 6.07) is 0. The van der Waals surface area contributed by atoms with Gasteiger partial charge in [-0.15, -0.1) is 0 Å². The zero-order chi connectivity index (χ0) is 13.6. The van der Waals surface area contributed by atoms with E-state index in [0.717, 1.165) is 43.5 Å². The summed E-state index contributed by atoms with van der Waals surface area (Å²) in [6.07, 6.45) is 6.79. The quantitative estimate of drug-likeness (QED) is 0.733. The molecular weight excluding hydrogens is 290 g/mol. The average molecular weight is 318 g/mol. The van der Waals surface area contributed by atoms with Gasteiger partial charge in [-0.3, -0.25) is 4.79 Å². The highest BCUT2D eigenvalue weighted by Crippen LogP contribution is 2.30. The van der Waals surface area contributed by atoms with Crippen LogP contribution in [0.5, 0.6) is 0 Å². The van der Waals surface area contributed by atoms with Crippen LogP contribution < -0.4 is 5.32 Å². The molecule has 106 valence electrons. The Hall–Kier alpha value is -0.0500. The maximum absolute atomic E-state index is 12.2. The molecule has 0 aromatic heterocycles. The molecule has 0 spiro atoms. The standard InChI is InChI=1S/C15H28BrNO/c1-4-15(5-2,10-16)11-17-14(18)13-8-6-12(3)7-9-13/h12-13H,4-11H2,1-3H3,(H,17,18). The van der Waals surface area contributed by atoms with Gasteiger partial charge in [0, 0.05) is 17.8 Å². The Kier molecular flexibility index (Phi) is 6.68. The van der Waals surface area contributed by atoms with Gasteiger partial charge in [-0.2, -0.15) is 0 Å². The first-order chi connectivity index (χ1) is 8.56. The summed E-state index contributed by atoms with van der Waals surface area (Å²) in [4.78, 5) is 12.2. The van der Waals surface area contributed by atoms with Crippen molar-refractivity contribution in [1.29, 1.82) is 0 Å². The molecular formula is C15H28BrNO. The van der Waals surface area contributed by atoms with Gasteiger partial charge in [-0.25, -0.2) is 0 Å². The van der Waals surface area contributed by atoms with Crippen LogP contribution in [0.15, 0.2) is 0 Å². The van der Waals surface area contributed by atoms with Gasteiger partial charge in [-0.05, 0) is 49.9 Å². The molecule has 18 heavy (non-hydrogen) atoms. The molecule has 1 rings (SSSR count). The number of hydrogen-bond donors (Lipinski definition) is 1. The highest BCUT2D eigenvalue weighted by Gasteiger charge is 2.28. The Bertz CT molecular complexity index is 247. The number of amides is 1. The van der Waals surface area contributed by atoms with E-state index in [1.165, 1.54) is 12.8 Å². The van der Waals surface area contributed by atoms with Gasteiger partial charge in [0.1, 0.15) is 0 Å². The molecule has 1 aliphatic rings. The third kappa shape index (κ3) is 4.25. The summed E-state index contributed by atoms with van der Waals surface area (Å²) in [6.45, 7) is 7.52. The maximum Gasteiger partial charge on any atom is 0.223 e. The lowest BCUT2D eigenvalue weighted by atomic mass is 9.81. The van der Waals surface area contributed by atoms with E-state index in [4.69, 9.17) is 0 Å². The summed E-state index contributed by atoms with van der Waals surface area (Å²) in [5, 5.41) is 4.16. The number of hydrogen-bond acceptors (Lipinski definition) is 1. The highest BCUT2D eigenvalue weighted by molar-refractivity contribution is 9.09. The minimum absolute atomic E-state index is 0.234. The van der Waals surface area contributed by atoms with Crippen molar-refractivity contribution >= 4 is 21.8 Å². The summed E-state index contributed by atoms with van der Waals surface area (Å²) in [5.74, 6) is 1.36. The molecule has 0 aliphatic heterocycles. The summed E-state index contributed by atoms with van der Waals surface area (Å²) < 4.78 is 0. The van der Waals surface area contributed by atoms with E-state index in [2.05, 4.69) is 42.0 Å². The lowest BCUT2D eigenvalue weighted by molar-refractivity contribution is -0.126. The molecule has 1 aliphatic carbocycles. The van der Waals surface area contributed by atoms with Gasteiger partial charge in [0.05, 0.1) is 0 Å². The van der Waals surface area contributed by atoms with E-state index < -0.39 is 0 Å². The van der Waals surface area contributed by atoms with E-state index >= 15 is 0 Å². The van der Waals surface area contributed by atoms with Crippen LogP contribution in [0, 0.1) is 17.3 Å². The van der Waals surface area contributed by atoms with Gasteiger partial charge in [0.2, 0.25) is 5.91 Å². The number of alkyl halides is 1. The Balaban J connectivity index is 2.40. The van der Waals surface area contributed by atoms with Crippen LogP contribution in [0.1, 0.15) is 59.3 Å². The first-order valence-electron chi connectivity index (χ1n) is 7.40. The molecule has 1 N–H and O–H groups in total. The molecule has 0 radical (unpaired) electrons. The normalized spacial score (nSPS) is 24.9. The predicted molar refractivity (Wildman–Crippen MR) is 80.9 cm³/mol. The SMILES string of the molecule is CCC(CC)(CBr)CNC(=O)C1CCC(C)CC1. The Morgan fingerprint density at radius 2 is 1.78 bits per heavy atom. The van der Waals surface area contributed by atoms with E-state index in [0.29, 0.717) is 0 Å². The molecule has 0 aromatic rings. The van der Waals surface area contributed by atoms with Gasteiger partial charge >= 0.3 is 0 Å². The first-order valence-corrected chi connectivity index (χ1v) is 8.52. The first kappa shape index (κ1) is 16.0. The third-order valence-corrected chi connectivity index (χ3v) is 6.00. The summed E-state index contributed by atoms with van der Waals surface area (Å²) in [5.41, 5.74) is 0.234. The van der Waals surface area contributed by atoms with Crippen molar-refractivity contribution in [2.45, 2.75) is 59.3 Å². The fraction of sp³-hybridized carbons (Fsp3) is 0.933. The number of rotatable bonds is 6. The minimum atomic E-state index is 0.234. The lowest BCUT2D eigenvalue weighted by Crippen LogP contribution is -2.41. The second kappa shape index (κ2) is 7.52. The average Bonchev–Trinajstić information content (AvgIpc) is 2.41. The lowest BCUT2D eigenvalue weighted by Gasteiger charge is -2.31.